The summed E-state index contributed by atoms with van der Waals surface area (Å²) in [5.74, 6) is -0.725. The SMILES string of the molecule is CC(=O)[C@@H](O)[C@H](O)C(O)C(O)CO. The molecule has 0 radical (unpaired) electrons. The van der Waals surface area contributed by atoms with Gasteiger partial charge in [0.2, 0.25) is 0 Å². The zero-order valence-corrected chi connectivity index (χ0v) is 7.16. The molecule has 0 aliphatic heterocycles. The minimum absolute atomic E-state index is 0.725. The summed E-state index contributed by atoms with van der Waals surface area (Å²) in [6.45, 7) is 0.273. The lowest BCUT2D eigenvalue weighted by molar-refractivity contribution is -0.145. The van der Waals surface area contributed by atoms with Gasteiger partial charge in [0.05, 0.1) is 6.61 Å². The largest absolute Gasteiger partial charge is 0.394 e. The van der Waals surface area contributed by atoms with Gasteiger partial charge in [0, 0.05) is 0 Å². The molecule has 78 valence electrons. The van der Waals surface area contributed by atoms with Crippen LogP contribution < -0.4 is 0 Å². The monoisotopic (exact) mass is 194 g/mol. The minimum atomic E-state index is -1.79. The molecule has 0 aromatic rings. The molecule has 0 aliphatic rings. The molecule has 0 aliphatic carbocycles. The predicted molar refractivity (Wildman–Crippen MR) is 41.8 cm³/mol. The van der Waals surface area contributed by atoms with Crippen LogP contribution in [0, 0.1) is 0 Å². The number of carbonyl (C=O) groups is 1. The van der Waals surface area contributed by atoms with E-state index in [4.69, 9.17) is 25.5 Å². The third kappa shape index (κ3) is 3.37. The lowest BCUT2D eigenvalue weighted by atomic mass is 10.0. The zero-order valence-electron chi connectivity index (χ0n) is 7.16. The van der Waals surface area contributed by atoms with E-state index in [9.17, 15) is 4.79 Å². The van der Waals surface area contributed by atoms with Crippen LogP contribution >= 0.6 is 0 Å². The van der Waals surface area contributed by atoms with E-state index >= 15 is 0 Å². The molecule has 0 saturated heterocycles. The van der Waals surface area contributed by atoms with E-state index in [1.54, 1.807) is 0 Å². The second kappa shape index (κ2) is 5.25. The Labute approximate surface area is 75.1 Å². The summed E-state index contributed by atoms with van der Waals surface area (Å²) in [6.07, 6.45) is -6.87. The van der Waals surface area contributed by atoms with Gasteiger partial charge in [-0.1, -0.05) is 0 Å². The van der Waals surface area contributed by atoms with Gasteiger partial charge in [0.15, 0.2) is 5.78 Å². The first kappa shape index (κ1) is 12.5. The van der Waals surface area contributed by atoms with Gasteiger partial charge in [-0.2, -0.15) is 0 Å². The summed E-state index contributed by atoms with van der Waals surface area (Å²) < 4.78 is 0. The number of rotatable bonds is 5. The average molecular weight is 194 g/mol. The van der Waals surface area contributed by atoms with Crippen LogP contribution in [0.3, 0.4) is 0 Å². The number of hydrogen-bond donors (Lipinski definition) is 5. The lowest BCUT2D eigenvalue weighted by Gasteiger charge is -2.23. The van der Waals surface area contributed by atoms with Gasteiger partial charge < -0.3 is 25.5 Å². The Morgan fingerprint density at radius 2 is 1.62 bits per heavy atom. The van der Waals surface area contributed by atoms with Crippen LogP contribution in [-0.2, 0) is 4.79 Å². The third-order valence-corrected chi connectivity index (χ3v) is 1.67. The first-order valence-corrected chi connectivity index (χ1v) is 3.75. The maximum absolute atomic E-state index is 10.5. The van der Waals surface area contributed by atoms with Gasteiger partial charge in [0.1, 0.15) is 24.4 Å². The second-order valence-electron chi connectivity index (χ2n) is 2.79. The predicted octanol–water partition coefficient (Wildman–Crippen LogP) is -2.99. The van der Waals surface area contributed by atoms with E-state index in [1.165, 1.54) is 0 Å². The van der Waals surface area contributed by atoms with Crippen molar-refractivity contribution in [1.29, 1.82) is 0 Å². The van der Waals surface area contributed by atoms with Crippen LogP contribution in [0.4, 0.5) is 0 Å². The average Bonchev–Trinajstić information content (AvgIpc) is 2.12. The molecule has 0 aromatic heterocycles. The molecule has 0 aromatic carbocycles. The summed E-state index contributed by atoms with van der Waals surface area (Å²) in [7, 11) is 0. The van der Waals surface area contributed by atoms with Gasteiger partial charge in [-0.05, 0) is 6.92 Å². The summed E-state index contributed by atoms with van der Waals surface area (Å²) in [6, 6.07) is 0. The van der Waals surface area contributed by atoms with Crippen molar-refractivity contribution in [3.05, 3.63) is 0 Å². The molecular weight excluding hydrogens is 180 g/mol. The van der Waals surface area contributed by atoms with Crippen LogP contribution in [0.25, 0.3) is 0 Å². The van der Waals surface area contributed by atoms with Crippen molar-refractivity contribution in [3.63, 3.8) is 0 Å². The van der Waals surface area contributed by atoms with Crippen molar-refractivity contribution < 1.29 is 30.3 Å². The Morgan fingerprint density at radius 3 is 1.92 bits per heavy atom. The Balaban J connectivity index is 4.24. The second-order valence-corrected chi connectivity index (χ2v) is 2.79. The molecule has 5 N–H and O–H groups in total. The van der Waals surface area contributed by atoms with E-state index in [-0.39, 0.29) is 0 Å². The molecule has 6 heteroatoms. The van der Waals surface area contributed by atoms with Crippen molar-refractivity contribution >= 4 is 5.78 Å². The van der Waals surface area contributed by atoms with Gasteiger partial charge in [0.25, 0.3) is 0 Å². The highest BCUT2D eigenvalue weighted by Crippen LogP contribution is 2.05. The maximum atomic E-state index is 10.5. The first-order chi connectivity index (χ1) is 5.91. The molecule has 0 spiro atoms. The minimum Gasteiger partial charge on any atom is -0.394 e. The molecule has 2 unspecified atom stereocenters. The standard InChI is InChI=1S/C7H14O6/c1-3(9)5(11)7(13)6(12)4(10)2-8/h4-8,10-13H,2H2,1H3/t4?,5-,6?,7+/m1/s1. The quantitative estimate of drug-likeness (QED) is 0.318. The van der Waals surface area contributed by atoms with Gasteiger partial charge in [-0.25, -0.2) is 0 Å². The Kier molecular flexibility index (Phi) is 5.04. The number of aliphatic hydroxyl groups is 5. The fourth-order valence-corrected chi connectivity index (χ4v) is 0.763. The Morgan fingerprint density at radius 1 is 1.15 bits per heavy atom. The molecular formula is C7H14O6. The molecule has 0 amide bonds. The topological polar surface area (TPSA) is 118 Å². The summed E-state index contributed by atoms with van der Waals surface area (Å²) in [5, 5.41) is 44.3. The number of carbonyl (C=O) groups excluding carboxylic acids is 1. The van der Waals surface area contributed by atoms with E-state index in [0.29, 0.717) is 0 Å². The molecule has 13 heavy (non-hydrogen) atoms. The van der Waals surface area contributed by atoms with Crippen LogP contribution in [0.1, 0.15) is 6.92 Å². The highest BCUT2D eigenvalue weighted by Gasteiger charge is 2.32. The highest BCUT2D eigenvalue weighted by atomic mass is 16.4. The fourth-order valence-electron chi connectivity index (χ4n) is 0.763. The first-order valence-electron chi connectivity index (χ1n) is 3.75. The Hall–Kier alpha value is -0.530. The molecule has 0 heterocycles. The third-order valence-electron chi connectivity index (χ3n) is 1.67. The van der Waals surface area contributed by atoms with Crippen molar-refractivity contribution in [2.45, 2.75) is 31.3 Å². The number of aliphatic hydroxyl groups excluding tert-OH is 5. The zero-order chi connectivity index (χ0) is 10.6. The van der Waals surface area contributed by atoms with E-state index in [0.717, 1.165) is 6.92 Å². The molecule has 0 bridgehead atoms. The lowest BCUT2D eigenvalue weighted by Crippen LogP contribution is -2.48. The molecule has 4 atom stereocenters. The van der Waals surface area contributed by atoms with Crippen LogP contribution in [0.15, 0.2) is 0 Å². The molecule has 0 fully saturated rings. The van der Waals surface area contributed by atoms with Gasteiger partial charge in [-0.3, -0.25) is 4.79 Å². The number of ketones is 1. The normalized spacial score (nSPS) is 20.5. The van der Waals surface area contributed by atoms with E-state index < -0.39 is 36.8 Å². The van der Waals surface area contributed by atoms with E-state index in [2.05, 4.69) is 0 Å². The Bertz CT molecular complexity index is 170. The molecule has 6 nitrogen and oxygen atoms in total. The van der Waals surface area contributed by atoms with Crippen LogP contribution in [0.2, 0.25) is 0 Å². The maximum Gasteiger partial charge on any atom is 0.160 e. The van der Waals surface area contributed by atoms with Crippen molar-refractivity contribution in [2.75, 3.05) is 6.61 Å². The van der Waals surface area contributed by atoms with Crippen LogP contribution in [0.5, 0.6) is 0 Å². The smallest absolute Gasteiger partial charge is 0.160 e. The van der Waals surface area contributed by atoms with Crippen molar-refractivity contribution in [3.8, 4) is 0 Å². The van der Waals surface area contributed by atoms with E-state index in [1.807, 2.05) is 0 Å². The molecule has 0 saturated carbocycles. The van der Waals surface area contributed by atoms with Crippen molar-refractivity contribution in [2.24, 2.45) is 0 Å². The fraction of sp³-hybridized carbons (Fsp3) is 0.857. The highest BCUT2D eigenvalue weighted by molar-refractivity contribution is 5.80. The summed E-state index contributed by atoms with van der Waals surface area (Å²) in [4.78, 5) is 10.5. The number of Topliss-reactive ketones (excluding diaryl/α,β-unsaturated/α-hetero) is 1. The number of hydrogen-bond acceptors (Lipinski definition) is 6. The van der Waals surface area contributed by atoms with Gasteiger partial charge >= 0.3 is 0 Å². The van der Waals surface area contributed by atoms with Crippen molar-refractivity contribution in [1.82, 2.24) is 0 Å². The van der Waals surface area contributed by atoms with Gasteiger partial charge in [-0.15, -0.1) is 0 Å². The summed E-state index contributed by atoms with van der Waals surface area (Å²) >= 11 is 0. The molecule has 0 rings (SSSR count). The summed E-state index contributed by atoms with van der Waals surface area (Å²) in [5.41, 5.74) is 0. The van der Waals surface area contributed by atoms with Crippen LogP contribution in [-0.4, -0.2) is 62.3 Å².